The van der Waals surface area contributed by atoms with Gasteiger partial charge in [-0.25, -0.2) is 4.68 Å². The largest absolute Gasteiger partial charge is 0.313 e. The first-order chi connectivity index (χ1) is 10.2. The van der Waals surface area contributed by atoms with Crippen LogP contribution in [0.4, 0.5) is 5.69 Å². The summed E-state index contributed by atoms with van der Waals surface area (Å²) < 4.78 is 1.91. The summed E-state index contributed by atoms with van der Waals surface area (Å²) in [7, 11) is 1.98. The zero-order chi connectivity index (χ0) is 14.8. The topological polar surface area (TPSA) is 73.0 Å². The number of nitro benzene ring substituents is 1. The van der Waals surface area contributed by atoms with Gasteiger partial charge in [0.05, 0.1) is 16.8 Å². The maximum absolute atomic E-state index is 10.7. The summed E-state index contributed by atoms with van der Waals surface area (Å²) in [5, 5.41) is 18.6. The molecule has 1 N–H and O–H groups in total. The van der Waals surface area contributed by atoms with E-state index in [1.54, 1.807) is 12.1 Å². The van der Waals surface area contributed by atoms with Crippen LogP contribution >= 0.6 is 0 Å². The number of nitro groups is 1. The van der Waals surface area contributed by atoms with Crippen LogP contribution in [0.3, 0.4) is 0 Å². The molecule has 0 saturated heterocycles. The van der Waals surface area contributed by atoms with E-state index in [0.717, 1.165) is 24.9 Å². The first-order valence-corrected chi connectivity index (χ1v) is 7.19. The molecular weight excluding hydrogens is 268 g/mol. The van der Waals surface area contributed by atoms with Gasteiger partial charge in [-0.2, -0.15) is 5.10 Å². The van der Waals surface area contributed by atoms with E-state index in [9.17, 15) is 10.1 Å². The predicted molar refractivity (Wildman–Crippen MR) is 79.6 cm³/mol. The fraction of sp³-hybridized carbons (Fsp3) is 0.400. The molecule has 0 amide bonds. The standard InChI is InChI=1S/C15H18N4O2/c1-16-14-4-2-3-5-15-13(14)10-17-18(15)11-6-8-12(9-7-11)19(20)21/h6-10,14,16H,2-5H2,1H3. The number of hydrogen-bond donors (Lipinski definition) is 1. The highest BCUT2D eigenvalue weighted by atomic mass is 16.6. The predicted octanol–water partition coefficient (Wildman–Crippen LogP) is 2.77. The molecule has 1 aromatic heterocycles. The van der Waals surface area contributed by atoms with Crippen LogP contribution in [-0.4, -0.2) is 21.8 Å². The molecule has 0 radical (unpaired) electrons. The number of nitrogens with zero attached hydrogens (tertiary/aromatic N) is 3. The number of fused-ring (bicyclic) bond motifs is 1. The lowest BCUT2D eigenvalue weighted by molar-refractivity contribution is -0.384. The molecule has 21 heavy (non-hydrogen) atoms. The van der Waals surface area contributed by atoms with Gasteiger partial charge in [0.2, 0.25) is 0 Å². The number of nitrogens with one attached hydrogen (secondary N) is 1. The monoisotopic (exact) mass is 286 g/mol. The Hall–Kier alpha value is -2.21. The lowest BCUT2D eigenvalue weighted by Gasteiger charge is -2.13. The molecule has 6 nitrogen and oxygen atoms in total. The summed E-state index contributed by atoms with van der Waals surface area (Å²) in [6.45, 7) is 0. The molecule has 3 rings (SSSR count). The first kappa shape index (κ1) is 13.8. The van der Waals surface area contributed by atoms with Gasteiger partial charge in [0.15, 0.2) is 0 Å². The van der Waals surface area contributed by atoms with Gasteiger partial charge in [0.1, 0.15) is 0 Å². The second-order valence-electron chi connectivity index (χ2n) is 5.32. The van der Waals surface area contributed by atoms with Crippen LogP contribution in [0.15, 0.2) is 30.5 Å². The maximum Gasteiger partial charge on any atom is 0.269 e. The van der Waals surface area contributed by atoms with Gasteiger partial charge in [0, 0.05) is 29.4 Å². The minimum absolute atomic E-state index is 0.102. The van der Waals surface area contributed by atoms with E-state index in [1.165, 1.54) is 29.8 Å². The van der Waals surface area contributed by atoms with Crippen LogP contribution in [0, 0.1) is 10.1 Å². The molecule has 1 aromatic carbocycles. The van der Waals surface area contributed by atoms with E-state index in [-0.39, 0.29) is 10.6 Å². The molecule has 0 bridgehead atoms. The van der Waals surface area contributed by atoms with E-state index in [1.807, 2.05) is 17.9 Å². The summed E-state index contributed by atoms with van der Waals surface area (Å²) >= 11 is 0. The quantitative estimate of drug-likeness (QED) is 0.535. The Bertz CT molecular complexity index is 648. The molecule has 110 valence electrons. The molecule has 1 atom stereocenters. The van der Waals surface area contributed by atoms with E-state index in [0.29, 0.717) is 6.04 Å². The molecule has 0 fully saturated rings. The summed E-state index contributed by atoms with van der Waals surface area (Å²) in [6, 6.07) is 6.90. The zero-order valence-corrected chi connectivity index (χ0v) is 12.0. The van der Waals surface area contributed by atoms with Crippen LogP contribution < -0.4 is 5.32 Å². The molecule has 1 heterocycles. The highest BCUT2D eigenvalue weighted by Gasteiger charge is 2.22. The lowest BCUT2D eigenvalue weighted by atomic mass is 10.1. The van der Waals surface area contributed by atoms with Crippen LogP contribution in [0.5, 0.6) is 0 Å². The van der Waals surface area contributed by atoms with Gasteiger partial charge in [0.25, 0.3) is 5.69 Å². The molecule has 1 unspecified atom stereocenters. The molecule has 0 spiro atoms. The fourth-order valence-corrected chi connectivity index (χ4v) is 2.96. The van der Waals surface area contributed by atoms with Gasteiger partial charge in [-0.1, -0.05) is 6.42 Å². The normalized spacial score (nSPS) is 18.0. The Kier molecular flexibility index (Phi) is 3.70. The Morgan fingerprint density at radius 2 is 2.10 bits per heavy atom. The van der Waals surface area contributed by atoms with E-state index in [4.69, 9.17) is 0 Å². The molecule has 0 saturated carbocycles. The number of hydrogen-bond acceptors (Lipinski definition) is 4. The number of benzene rings is 1. The van der Waals surface area contributed by atoms with Gasteiger partial charge in [-0.15, -0.1) is 0 Å². The SMILES string of the molecule is CNC1CCCCc2c1cnn2-c1ccc([N+](=O)[O-])cc1. The minimum atomic E-state index is -0.385. The average molecular weight is 286 g/mol. The highest BCUT2D eigenvalue weighted by molar-refractivity contribution is 5.42. The van der Waals surface area contributed by atoms with Crippen LogP contribution in [0.2, 0.25) is 0 Å². The second-order valence-corrected chi connectivity index (χ2v) is 5.32. The van der Waals surface area contributed by atoms with Crippen molar-refractivity contribution in [2.24, 2.45) is 0 Å². The van der Waals surface area contributed by atoms with E-state index >= 15 is 0 Å². The molecule has 1 aliphatic rings. The Morgan fingerprint density at radius 1 is 1.33 bits per heavy atom. The zero-order valence-electron chi connectivity index (χ0n) is 12.0. The Balaban J connectivity index is 2.00. The van der Waals surface area contributed by atoms with Gasteiger partial charge in [-0.05, 0) is 38.4 Å². The van der Waals surface area contributed by atoms with Crippen LogP contribution in [0.1, 0.15) is 36.6 Å². The van der Waals surface area contributed by atoms with Crippen molar-refractivity contribution >= 4 is 5.69 Å². The molecule has 0 aliphatic heterocycles. The fourth-order valence-electron chi connectivity index (χ4n) is 2.96. The Morgan fingerprint density at radius 3 is 2.76 bits per heavy atom. The lowest BCUT2D eigenvalue weighted by Crippen LogP contribution is -2.16. The maximum atomic E-state index is 10.7. The van der Waals surface area contributed by atoms with Crippen molar-refractivity contribution in [3.8, 4) is 5.69 Å². The van der Waals surface area contributed by atoms with Crippen molar-refractivity contribution in [3.63, 3.8) is 0 Å². The number of non-ortho nitro benzene ring substituents is 1. The minimum Gasteiger partial charge on any atom is -0.313 e. The van der Waals surface area contributed by atoms with Crippen molar-refractivity contribution in [1.29, 1.82) is 0 Å². The summed E-state index contributed by atoms with van der Waals surface area (Å²) in [4.78, 5) is 10.3. The van der Waals surface area contributed by atoms with Crippen LogP contribution in [0.25, 0.3) is 5.69 Å². The van der Waals surface area contributed by atoms with E-state index in [2.05, 4.69) is 10.4 Å². The van der Waals surface area contributed by atoms with Crippen molar-refractivity contribution in [3.05, 3.63) is 51.8 Å². The van der Waals surface area contributed by atoms with E-state index < -0.39 is 0 Å². The molecular formula is C15H18N4O2. The average Bonchev–Trinajstić information content (AvgIpc) is 2.80. The van der Waals surface area contributed by atoms with Crippen molar-refractivity contribution < 1.29 is 4.92 Å². The van der Waals surface area contributed by atoms with Gasteiger partial charge < -0.3 is 5.32 Å². The smallest absolute Gasteiger partial charge is 0.269 e. The number of aromatic nitrogens is 2. The molecule has 2 aromatic rings. The highest BCUT2D eigenvalue weighted by Crippen LogP contribution is 2.30. The summed E-state index contributed by atoms with van der Waals surface area (Å²) in [5.74, 6) is 0. The third-order valence-electron chi connectivity index (χ3n) is 4.09. The third kappa shape index (κ3) is 2.54. The summed E-state index contributed by atoms with van der Waals surface area (Å²) in [5.41, 5.74) is 3.43. The van der Waals surface area contributed by atoms with Crippen molar-refractivity contribution in [2.75, 3.05) is 7.05 Å². The first-order valence-electron chi connectivity index (χ1n) is 7.19. The number of rotatable bonds is 3. The van der Waals surface area contributed by atoms with Gasteiger partial charge >= 0.3 is 0 Å². The van der Waals surface area contributed by atoms with Crippen LogP contribution in [-0.2, 0) is 6.42 Å². The van der Waals surface area contributed by atoms with Gasteiger partial charge in [-0.3, -0.25) is 10.1 Å². The van der Waals surface area contributed by atoms with Crippen molar-refractivity contribution in [1.82, 2.24) is 15.1 Å². The second kappa shape index (κ2) is 5.65. The Labute approximate surface area is 122 Å². The third-order valence-corrected chi connectivity index (χ3v) is 4.09. The summed E-state index contributed by atoms with van der Waals surface area (Å²) in [6.07, 6.45) is 6.37. The van der Waals surface area contributed by atoms with Crippen molar-refractivity contribution in [2.45, 2.75) is 31.7 Å². The molecule has 1 aliphatic carbocycles. The molecule has 6 heteroatoms.